The first kappa shape index (κ1) is 21.0. The Labute approximate surface area is 163 Å². The normalized spacial score (nSPS) is 16.0. The summed E-state index contributed by atoms with van der Waals surface area (Å²) in [5.74, 6) is 0.878. The van der Waals surface area contributed by atoms with Crippen LogP contribution in [0.4, 0.5) is 0 Å². The maximum atomic E-state index is 12.1. The number of amides is 1. The average Bonchev–Trinajstić information content (AvgIpc) is 2.68. The van der Waals surface area contributed by atoms with Crippen LogP contribution >= 0.6 is 0 Å². The largest absolute Gasteiger partial charge is 0.356 e. The number of hydrogen-bond acceptors (Lipinski definition) is 3. The zero-order chi connectivity index (χ0) is 19.6. The van der Waals surface area contributed by atoms with Crippen LogP contribution in [-0.4, -0.2) is 75.0 Å². The third-order valence-electron chi connectivity index (χ3n) is 4.83. The molecular weight excluding hydrogens is 338 g/mol. The Hall–Kier alpha value is -2.34. The lowest BCUT2D eigenvalue weighted by Crippen LogP contribution is -2.49. The van der Waals surface area contributed by atoms with Gasteiger partial charge in [-0.15, -0.1) is 6.58 Å². The lowest BCUT2D eigenvalue weighted by Gasteiger charge is -2.32. The molecule has 2 N–H and O–H groups in total. The number of rotatable bonds is 7. The van der Waals surface area contributed by atoms with E-state index in [-0.39, 0.29) is 5.91 Å². The van der Waals surface area contributed by atoms with Crippen molar-refractivity contribution in [1.82, 2.24) is 20.4 Å². The molecule has 0 saturated carbocycles. The smallest absolute Gasteiger partial charge is 0.253 e. The first-order valence-electron chi connectivity index (χ1n) is 9.64. The summed E-state index contributed by atoms with van der Waals surface area (Å²) in [6, 6.07) is 8.28. The van der Waals surface area contributed by atoms with E-state index in [0.29, 0.717) is 6.04 Å². The van der Waals surface area contributed by atoms with Gasteiger partial charge in [-0.2, -0.15) is 0 Å². The quantitative estimate of drug-likeness (QED) is 0.436. The maximum absolute atomic E-state index is 12.1. The number of hydrogen-bond donors (Lipinski definition) is 2. The van der Waals surface area contributed by atoms with E-state index in [0.717, 1.165) is 62.5 Å². The van der Waals surface area contributed by atoms with Crippen molar-refractivity contribution in [2.24, 2.45) is 4.99 Å². The van der Waals surface area contributed by atoms with E-state index in [9.17, 15) is 4.79 Å². The highest BCUT2D eigenvalue weighted by Crippen LogP contribution is 2.10. The predicted octanol–water partition coefficient (Wildman–Crippen LogP) is 1.75. The first-order chi connectivity index (χ1) is 13.0. The topological polar surface area (TPSA) is 60.0 Å². The molecule has 1 fully saturated rings. The van der Waals surface area contributed by atoms with Crippen molar-refractivity contribution in [3.8, 4) is 0 Å². The fourth-order valence-electron chi connectivity index (χ4n) is 3.27. The van der Waals surface area contributed by atoms with Gasteiger partial charge < -0.3 is 15.5 Å². The lowest BCUT2D eigenvalue weighted by atomic mass is 10.1. The van der Waals surface area contributed by atoms with Crippen LogP contribution in [0, 0.1) is 0 Å². The fraction of sp³-hybridized carbons (Fsp3) is 0.524. The van der Waals surface area contributed by atoms with E-state index in [4.69, 9.17) is 0 Å². The number of carbonyl (C=O) groups excluding carboxylic acids is 1. The number of aliphatic imine (C=N–C) groups is 1. The lowest BCUT2D eigenvalue weighted by molar-refractivity contribution is 0.0827. The SMILES string of the molecule is C=CCN1CCC(NC(=NC)NCCc2cccc(C(=O)N(C)C)c2)CC1. The van der Waals surface area contributed by atoms with Crippen LogP contribution in [0.5, 0.6) is 0 Å². The summed E-state index contributed by atoms with van der Waals surface area (Å²) in [6.45, 7) is 7.73. The highest BCUT2D eigenvalue weighted by Gasteiger charge is 2.19. The Morgan fingerprint density at radius 1 is 1.37 bits per heavy atom. The molecule has 0 aliphatic carbocycles. The molecular formula is C21H33N5O. The number of likely N-dealkylation sites (tertiary alicyclic amines) is 1. The van der Waals surface area contributed by atoms with Crippen LogP contribution in [0.25, 0.3) is 0 Å². The Morgan fingerprint density at radius 2 is 2.11 bits per heavy atom. The van der Waals surface area contributed by atoms with Gasteiger partial charge in [0.2, 0.25) is 0 Å². The molecule has 0 spiro atoms. The monoisotopic (exact) mass is 371 g/mol. The number of nitrogens with one attached hydrogen (secondary N) is 2. The van der Waals surface area contributed by atoms with E-state index in [1.807, 2.05) is 24.3 Å². The third kappa shape index (κ3) is 6.71. The van der Waals surface area contributed by atoms with Gasteiger partial charge in [-0.1, -0.05) is 18.2 Å². The summed E-state index contributed by atoms with van der Waals surface area (Å²) in [4.78, 5) is 20.4. The van der Waals surface area contributed by atoms with Gasteiger partial charge in [-0.25, -0.2) is 0 Å². The Bertz CT molecular complexity index is 648. The van der Waals surface area contributed by atoms with Crippen molar-refractivity contribution < 1.29 is 4.79 Å². The van der Waals surface area contributed by atoms with Gasteiger partial charge in [0.05, 0.1) is 0 Å². The standard InChI is InChI=1S/C21H33N5O/c1-5-13-26-14-10-19(11-15-26)24-21(22-2)23-12-9-17-7-6-8-18(16-17)20(27)25(3)4/h5-8,16,19H,1,9-15H2,2-4H3,(H2,22,23,24). The molecule has 1 aromatic rings. The van der Waals surface area contributed by atoms with Gasteiger partial charge in [0.15, 0.2) is 5.96 Å². The minimum atomic E-state index is 0.0325. The van der Waals surface area contributed by atoms with Crippen molar-refractivity contribution in [2.45, 2.75) is 25.3 Å². The van der Waals surface area contributed by atoms with Crippen LogP contribution in [0.1, 0.15) is 28.8 Å². The van der Waals surface area contributed by atoms with Crippen molar-refractivity contribution in [3.05, 3.63) is 48.0 Å². The third-order valence-corrected chi connectivity index (χ3v) is 4.83. The molecule has 6 heteroatoms. The Morgan fingerprint density at radius 3 is 2.74 bits per heavy atom. The summed E-state index contributed by atoms with van der Waals surface area (Å²) >= 11 is 0. The summed E-state index contributed by atoms with van der Waals surface area (Å²) < 4.78 is 0. The highest BCUT2D eigenvalue weighted by molar-refractivity contribution is 5.94. The molecule has 0 unspecified atom stereocenters. The molecule has 0 bridgehead atoms. The molecule has 0 aromatic heterocycles. The van der Waals surface area contributed by atoms with Crippen molar-refractivity contribution >= 4 is 11.9 Å². The van der Waals surface area contributed by atoms with Crippen LogP contribution in [-0.2, 0) is 6.42 Å². The first-order valence-corrected chi connectivity index (χ1v) is 9.64. The molecule has 0 atom stereocenters. The molecule has 1 saturated heterocycles. The van der Waals surface area contributed by atoms with Gasteiger partial charge >= 0.3 is 0 Å². The van der Waals surface area contributed by atoms with E-state index in [1.165, 1.54) is 0 Å². The number of carbonyl (C=O) groups is 1. The van der Waals surface area contributed by atoms with Crippen LogP contribution in [0.2, 0.25) is 0 Å². The molecule has 2 rings (SSSR count). The van der Waals surface area contributed by atoms with Crippen molar-refractivity contribution in [1.29, 1.82) is 0 Å². The number of benzene rings is 1. The van der Waals surface area contributed by atoms with E-state index < -0.39 is 0 Å². The van der Waals surface area contributed by atoms with Gasteiger partial charge in [0.25, 0.3) is 5.91 Å². The molecule has 1 aliphatic rings. The summed E-state index contributed by atoms with van der Waals surface area (Å²) in [6.07, 6.45) is 5.04. The van der Waals surface area contributed by atoms with E-state index in [1.54, 1.807) is 26.0 Å². The molecule has 1 amide bonds. The van der Waals surface area contributed by atoms with Gasteiger partial charge in [0.1, 0.15) is 0 Å². The second kappa shape index (κ2) is 10.7. The molecule has 0 radical (unpaired) electrons. The molecule has 1 aliphatic heterocycles. The van der Waals surface area contributed by atoms with E-state index >= 15 is 0 Å². The van der Waals surface area contributed by atoms with Gasteiger partial charge in [-0.05, 0) is 37.0 Å². The zero-order valence-electron chi connectivity index (χ0n) is 16.9. The van der Waals surface area contributed by atoms with Crippen molar-refractivity contribution in [2.75, 3.05) is 47.3 Å². The Balaban J connectivity index is 1.78. The molecule has 6 nitrogen and oxygen atoms in total. The predicted molar refractivity (Wildman–Crippen MR) is 112 cm³/mol. The molecule has 1 aromatic carbocycles. The average molecular weight is 372 g/mol. The number of guanidine groups is 1. The number of nitrogens with zero attached hydrogens (tertiary/aromatic N) is 3. The maximum Gasteiger partial charge on any atom is 0.253 e. The highest BCUT2D eigenvalue weighted by atomic mass is 16.2. The molecule has 27 heavy (non-hydrogen) atoms. The van der Waals surface area contributed by atoms with Crippen LogP contribution < -0.4 is 10.6 Å². The second-order valence-corrected chi connectivity index (χ2v) is 7.16. The minimum absolute atomic E-state index is 0.0325. The van der Waals surface area contributed by atoms with Crippen molar-refractivity contribution in [3.63, 3.8) is 0 Å². The fourth-order valence-corrected chi connectivity index (χ4v) is 3.27. The molecule has 148 valence electrons. The van der Waals surface area contributed by atoms with Gasteiger partial charge in [-0.3, -0.25) is 14.7 Å². The summed E-state index contributed by atoms with van der Waals surface area (Å²) in [5.41, 5.74) is 1.87. The summed E-state index contributed by atoms with van der Waals surface area (Å²) in [5, 5.41) is 6.91. The molecule has 1 heterocycles. The summed E-state index contributed by atoms with van der Waals surface area (Å²) in [7, 11) is 5.35. The van der Waals surface area contributed by atoms with Crippen LogP contribution in [0.15, 0.2) is 41.9 Å². The van der Waals surface area contributed by atoms with Gasteiger partial charge in [0, 0.05) is 58.9 Å². The number of piperidine rings is 1. The second-order valence-electron chi connectivity index (χ2n) is 7.16. The Kier molecular flexibility index (Phi) is 8.33. The van der Waals surface area contributed by atoms with Crippen LogP contribution in [0.3, 0.4) is 0 Å². The zero-order valence-corrected chi connectivity index (χ0v) is 16.9. The van der Waals surface area contributed by atoms with E-state index in [2.05, 4.69) is 33.2 Å². The minimum Gasteiger partial charge on any atom is -0.356 e.